The highest BCUT2D eigenvalue weighted by Gasteiger charge is 2.25. The van der Waals surface area contributed by atoms with Gasteiger partial charge in [0.15, 0.2) is 11.6 Å². The molecule has 0 spiro atoms. The Morgan fingerprint density at radius 2 is 2.06 bits per heavy atom. The predicted molar refractivity (Wildman–Crippen MR) is 137 cm³/mol. The van der Waals surface area contributed by atoms with Crippen molar-refractivity contribution in [1.82, 2.24) is 4.98 Å². The number of hydrogen-bond donors (Lipinski definition) is 1. The van der Waals surface area contributed by atoms with Crippen LogP contribution in [-0.4, -0.2) is 32.4 Å². The maximum Gasteiger partial charge on any atom is 0.233 e. The molecule has 8 heteroatoms. The first-order valence-electron chi connectivity index (χ1n) is 11.9. The van der Waals surface area contributed by atoms with E-state index in [1.165, 1.54) is 17.7 Å². The number of nitrogens with zero attached hydrogens (tertiary/aromatic N) is 1. The number of anilines is 1. The number of methoxy groups -OCH3 is 1. The minimum absolute atomic E-state index is 0.0106. The Hall–Kier alpha value is -2.97. The van der Waals surface area contributed by atoms with Crippen molar-refractivity contribution in [2.24, 2.45) is 5.92 Å². The number of halogens is 1. The van der Waals surface area contributed by atoms with Crippen molar-refractivity contribution in [1.29, 1.82) is 0 Å². The van der Waals surface area contributed by atoms with E-state index in [9.17, 15) is 12.8 Å². The van der Waals surface area contributed by atoms with Crippen LogP contribution >= 0.6 is 0 Å². The molecular formula is C27H31FN2O4S. The van der Waals surface area contributed by atoms with E-state index < -0.39 is 15.8 Å². The standard InChI is InChI=1S/C27H31FN2O4S/c1-3-4-10-20-15-24-22(17-27(20)33-2)25(13-14-29-24)34-26-12-11-21(16-23(26)28)30-35(31,32)18-19-8-6-5-7-9-19/h5-8,11-16,19,27,30H,3-4,9-10,17-18H2,1-2H3. The van der Waals surface area contributed by atoms with E-state index in [-0.39, 0.29) is 29.2 Å². The van der Waals surface area contributed by atoms with Gasteiger partial charge >= 0.3 is 0 Å². The van der Waals surface area contributed by atoms with Crippen LogP contribution in [0, 0.1) is 11.7 Å². The van der Waals surface area contributed by atoms with Gasteiger partial charge < -0.3 is 9.47 Å². The quantitative estimate of drug-likeness (QED) is 0.433. The SMILES string of the molecule is CCCCC1=Cc2nccc(Oc3ccc(NS(=O)(=O)CC4C=CC=CC4)cc3F)c2CC1OC. The van der Waals surface area contributed by atoms with Crippen molar-refractivity contribution in [3.63, 3.8) is 0 Å². The number of benzene rings is 1. The summed E-state index contributed by atoms with van der Waals surface area (Å²) in [7, 11) is -1.94. The van der Waals surface area contributed by atoms with Crippen molar-refractivity contribution >= 4 is 21.8 Å². The Kier molecular flexibility index (Phi) is 8.03. The van der Waals surface area contributed by atoms with Crippen LogP contribution < -0.4 is 9.46 Å². The zero-order valence-corrected chi connectivity index (χ0v) is 20.9. The number of fused-ring (bicyclic) bond motifs is 1. The van der Waals surface area contributed by atoms with Gasteiger partial charge in [-0.3, -0.25) is 9.71 Å². The van der Waals surface area contributed by atoms with Crippen molar-refractivity contribution in [2.75, 3.05) is 17.6 Å². The molecule has 1 aromatic heterocycles. The average molecular weight is 499 g/mol. The number of aromatic nitrogens is 1. The Morgan fingerprint density at radius 3 is 2.77 bits per heavy atom. The predicted octanol–water partition coefficient (Wildman–Crippen LogP) is 6.03. The number of rotatable bonds is 10. The fourth-order valence-electron chi connectivity index (χ4n) is 4.37. The first-order valence-corrected chi connectivity index (χ1v) is 13.6. The van der Waals surface area contributed by atoms with Gasteiger partial charge in [0.2, 0.25) is 10.0 Å². The van der Waals surface area contributed by atoms with Gasteiger partial charge in [-0.15, -0.1) is 0 Å². The molecule has 0 aliphatic heterocycles. The van der Waals surface area contributed by atoms with Gasteiger partial charge in [0, 0.05) is 31.4 Å². The van der Waals surface area contributed by atoms with Gasteiger partial charge in [-0.05, 0) is 55.0 Å². The van der Waals surface area contributed by atoms with E-state index in [2.05, 4.69) is 16.6 Å². The molecule has 0 bridgehead atoms. The van der Waals surface area contributed by atoms with Gasteiger partial charge in [-0.2, -0.15) is 0 Å². The minimum Gasteiger partial charge on any atom is -0.454 e. The van der Waals surface area contributed by atoms with Crippen LogP contribution in [0.25, 0.3) is 6.08 Å². The Balaban J connectivity index is 1.49. The summed E-state index contributed by atoms with van der Waals surface area (Å²) < 4.78 is 54.1. The molecule has 0 radical (unpaired) electrons. The van der Waals surface area contributed by atoms with Crippen LogP contribution in [-0.2, 0) is 21.2 Å². The summed E-state index contributed by atoms with van der Waals surface area (Å²) in [5, 5.41) is 0. The van der Waals surface area contributed by atoms with Crippen molar-refractivity contribution in [3.05, 3.63) is 77.4 Å². The van der Waals surface area contributed by atoms with Crippen molar-refractivity contribution < 1.29 is 22.3 Å². The molecule has 0 saturated heterocycles. The Morgan fingerprint density at radius 1 is 1.20 bits per heavy atom. The summed E-state index contributed by atoms with van der Waals surface area (Å²) in [6.45, 7) is 2.15. The molecule has 1 heterocycles. The highest BCUT2D eigenvalue weighted by atomic mass is 32.2. The maximum atomic E-state index is 14.9. The van der Waals surface area contributed by atoms with Crippen LogP contribution in [0.2, 0.25) is 0 Å². The fourth-order valence-corrected chi connectivity index (χ4v) is 5.75. The molecule has 2 atom stereocenters. The van der Waals surface area contributed by atoms with Crippen molar-refractivity contribution in [2.45, 2.75) is 45.1 Å². The smallest absolute Gasteiger partial charge is 0.233 e. The molecule has 2 aromatic rings. The van der Waals surface area contributed by atoms with Crippen LogP contribution in [0.4, 0.5) is 10.1 Å². The van der Waals surface area contributed by atoms with Gasteiger partial charge in [0.1, 0.15) is 5.75 Å². The molecule has 35 heavy (non-hydrogen) atoms. The van der Waals surface area contributed by atoms with E-state index >= 15 is 0 Å². The lowest BCUT2D eigenvalue weighted by atomic mass is 9.89. The molecule has 2 aliphatic carbocycles. The van der Waals surface area contributed by atoms with Crippen molar-refractivity contribution in [3.8, 4) is 11.5 Å². The zero-order valence-electron chi connectivity index (χ0n) is 20.0. The van der Waals surface area contributed by atoms with Crippen LogP contribution in [0.1, 0.15) is 43.9 Å². The highest BCUT2D eigenvalue weighted by Crippen LogP contribution is 2.36. The molecule has 0 fully saturated rings. The minimum atomic E-state index is -3.63. The van der Waals surface area contributed by atoms with E-state index in [0.717, 1.165) is 36.6 Å². The van der Waals surface area contributed by atoms with Gasteiger partial charge in [0.05, 0.1) is 23.2 Å². The average Bonchev–Trinajstić information content (AvgIpc) is 2.84. The summed E-state index contributed by atoms with van der Waals surface area (Å²) in [5.41, 5.74) is 3.02. The summed E-state index contributed by atoms with van der Waals surface area (Å²) in [6, 6.07) is 5.78. The Bertz CT molecular complexity index is 1250. The highest BCUT2D eigenvalue weighted by molar-refractivity contribution is 7.92. The topological polar surface area (TPSA) is 77.5 Å². The third kappa shape index (κ3) is 6.38. The number of sulfonamides is 1. The molecular weight excluding hydrogens is 467 g/mol. The third-order valence-corrected chi connectivity index (χ3v) is 7.62. The second kappa shape index (κ2) is 11.2. The number of hydrogen-bond acceptors (Lipinski definition) is 5. The van der Waals surface area contributed by atoms with Crippen LogP contribution in [0.3, 0.4) is 0 Å². The molecule has 0 amide bonds. The summed E-state index contributed by atoms with van der Waals surface area (Å²) in [5.74, 6) is -0.306. The van der Waals surface area contributed by atoms with Gasteiger partial charge in [-0.1, -0.05) is 37.6 Å². The first-order chi connectivity index (χ1) is 16.9. The Labute approximate surface area is 206 Å². The number of unbranched alkanes of at least 4 members (excludes halogenated alkanes) is 1. The maximum absolute atomic E-state index is 14.9. The molecule has 6 nitrogen and oxygen atoms in total. The number of pyridine rings is 1. The molecule has 2 unspecified atom stereocenters. The number of ether oxygens (including phenoxy) is 2. The van der Waals surface area contributed by atoms with E-state index in [0.29, 0.717) is 18.6 Å². The third-order valence-electron chi connectivity index (χ3n) is 6.20. The lowest BCUT2D eigenvalue weighted by Gasteiger charge is -2.26. The molecule has 1 N–H and O–H groups in total. The first kappa shape index (κ1) is 25.1. The number of allylic oxidation sites excluding steroid dienone is 4. The number of nitrogens with one attached hydrogen (secondary N) is 1. The molecule has 2 aliphatic rings. The zero-order chi connectivity index (χ0) is 24.8. The fraction of sp³-hybridized carbons (Fsp3) is 0.370. The van der Waals surface area contributed by atoms with E-state index in [4.69, 9.17) is 9.47 Å². The lowest BCUT2D eigenvalue weighted by Crippen LogP contribution is -2.22. The summed E-state index contributed by atoms with van der Waals surface area (Å²) in [4.78, 5) is 4.48. The molecule has 1 aromatic carbocycles. The van der Waals surface area contributed by atoms with E-state index in [1.807, 2.05) is 30.4 Å². The summed E-state index contributed by atoms with van der Waals surface area (Å²) in [6.07, 6.45) is 15.5. The van der Waals surface area contributed by atoms with Crippen LogP contribution in [0.15, 0.2) is 60.3 Å². The molecule has 186 valence electrons. The monoisotopic (exact) mass is 498 g/mol. The molecule has 4 rings (SSSR count). The lowest BCUT2D eigenvalue weighted by molar-refractivity contribution is 0.127. The van der Waals surface area contributed by atoms with Gasteiger partial charge in [0.25, 0.3) is 0 Å². The second-order valence-electron chi connectivity index (χ2n) is 8.86. The normalized spacial score (nSPS) is 19.2. The second-order valence-corrected chi connectivity index (χ2v) is 10.6. The van der Waals surface area contributed by atoms with Crippen LogP contribution in [0.5, 0.6) is 11.5 Å². The van der Waals surface area contributed by atoms with Gasteiger partial charge in [-0.25, -0.2) is 12.8 Å². The summed E-state index contributed by atoms with van der Waals surface area (Å²) >= 11 is 0. The van der Waals surface area contributed by atoms with E-state index in [1.54, 1.807) is 19.4 Å². The molecule has 0 saturated carbocycles. The largest absolute Gasteiger partial charge is 0.454 e.